The maximum absolute atomic E-state index is 13.9. The Labute approximate surface area is 120 Å². The number of aromatic nitrogens is 2. The van der Waals surface area contributed by atoms with Gasteiger partial charge in [0.15, 0.2) is 0 Å². The van der Waals surface area contributed by atoms with Crippen molar-refractivity contribution in [2.24, 2.45) is 0 Å². The largest absolute Gasteiger partial charge is 0.309 e. The molecule has 3 nitrogen and oxygen atoms in total. The van der Waals surface area contributed by atoms with Crippen LogP contribution in [0.5, 0.6) is 0 Å². The standard InChI is InChI=1S/C14H15BrFN3/c1-2-18-13(14-9-17-5-6-19-14)7-10-3-4-11(15)8-12(10)16/h3-6,8-9,13,18H,2,7H2,1H3. The van der Waals surface area contributed by atoms with Crippen molar-refractivity contribution in [2.75, 3.05) is 6.54 Å². The SMILES string of the molecule is CCNC(Cc1ccc(Br)cc1F)c1cnccn1. The van der Waals surface area contributed by atoms with Crippen LogP contribution in [0.25, 0.3) is 0 Å². The zero-order chi connectivity index (χ0) is 13.7. The molecule has 1 heterocycles. The Bertz CT molecular complexity index is 533. The second-order valence-electron chi connectivity index (χ2n) is 4.18. The number of benzene rings is 1. The van der Waals surface area contributed by atoms with Crippen LogP contribution in [-0.4, -0.2) is 16.5 Å². The van der Waals surface area contributed by atoms with Crippen LogP contribution in [0.1, 0.15) is 24.2 Å². The smallest absolute Gasteiger partial charge is 0.127 e. The van der Waals surface area contributed by atoms with E-state index in [4.69, 9.17) is 0 Å². The van der Waals surface area contributed by atoms with E-state index in [0.29, 0.717) is 12.0 Å². The topological polar surface area (TPSA) is 37.8 Å². The van der Waals surface area contributed by atoms with Gasteiger partial charge in [-0.15, -0.1) is 0 Å². The molecule has 2 aromatic rings. The Morgan fingerprint density at radius 1 is 1.37 bits per heavy atom. The van der Waals surface area contributed by atoms with Crippen LogP contribution in [0.4, 0.5) is 4.39 Å². The second-order valence-corrected chi connectivity index (χ2v) is 5.10. The maximum Gasteiger partial charge on any atom is 0.127 e. The fourth-order valence-corrected chi connectivity index (χ4v) is 2.26. The van der Waals surface area contributed by atoms with Crippen LogP contribution in [0.3, 0.4) is 0 Å². The van der Waals surface area contributed by atoms with Crippen molar-refractivity contribution in [3.05, 3.63) is 58.3 Å². The normalized spacial score (nSPS) is 12.4. The lowest BCUT2D eigenvalue weighted by Crippen LogP contribution is -2.24. The third-order valence-electron chi connectivity index (χ3n) is 2.83. The van der Waals surface area contributed by atoms with Gasteiger partial charge in [-0.3, -0.25) is 9.97 Å². The Kier molecular flexibility index (Phi) is 4.99. The molecule has 1 N–H and O–H groups in total. The molecule has 0 spiro atoms. The molecule has 5 heteroatoms. The minimum absolute atomic E-state index is 0.0330. The third kappa shape index (κ3) is 3.81. The van der Waals surface area contributed by atoms with Gasteiger partial charge in [0.25, 0.3) is 0 Å². The Balaban J connectivity index is 2.21. The minimum Gasteiger partial charge on any atom is -0.309 e. The summed E-state index contributed by atoms with van der Waals surface area (Å²) in [5, 5.41) is 3.31. The van der Waals surface area contributed by atoms with Gasteiger partial charge in [-0.25, -0.2) is 4.39 Å². The van der Waals surface area contributed by atoms with Gasteiger partial charge >= 0.3 is 0 Å². The van der Waals surface area contributed by atoms with E-state index in [1.54, 1.807) is 24.7 Å². The van der Waals surface area contributed by atoms with Crippen molar-refractivity contribution in [1.29, 1.82) is 0 Å². The number of likely N-dealkylation sites (N-methyl/N-ethyl adjacent to an activating group) is 1. The van der Waals surface area contributed by atoms with Crippen molar-refractivity contribution in [1.82, 2.24) is 15.3 Å². The first-order valence-electron chi connectivity index (χ1n) is 6.14. The lowest BCUT2D eigenvalue weighted by atomic mass is 10.0. The first kappa shape index (κ1) is 14.1. The van der Waals surface area contributed by atoms with Crippen LogP contribution in [0.2, 0.25) is 0 Å². The quantitative estimate of drug-likeness (QED) is 0.917. The molecule has 0 fully saturated rings. The predicted molar refractivity (Wildman–Crippen MR) is 76.3 cm³/mol. The van der Waals surface area contributed by atoms with Crippen LogP contribution < -0.4 is 5.32 Å². The average molecular weight is 324 g/mol. The molecule has 0 aliphatic heterocycles. The highest BCUT2D eigenvalue weighted by molar-refractivity contribution is 9.10. The zero-order valence-corrected chi connectivity index (χ0v) is 12.2. The molecule has 0 saturated carbocycles. The summed E-state index contributed by atoms with van der Waals surface area (Å²) in [7, 11) is 0. The van der Waals surface area contributed by atoms with Crippen LogP contribution >= 0.6 is 15.9 Å². The van der Waals surface area contributed by atoms with Gasteiger partial charge in [0.2, 0.25) is 0 Å². The van der Waals surface area contributed by atoms with Gasteiger partial charge < -0.3 is 5.32 Å². The summed E-state index contributed by atoms with van der Waals surface area (Å²) in [6.07, 6.45) is 5.54. The average Bonchev–Trinajstić information content (AvgIpc) is 2.42. The molecule has 1 aromatic heterocycles. The number of halogens is 2. The minimum atomic E-state index is -0.207. The summed E-state index contributed by atoms with van der Waals surface area (Å²) in [6, 6.07) is 5.09. The molecule has 100 valence electrons. The fraction of sp³-hybridized carbons (Fsp3) is 0.286. The van der Waals surface area contributed by atoms with E-state index in [-0.39, 0.29) is 11.9 Å². The third-order valence-corrected chi connectivity index (χ3v) is 3.32. The van der Waals surface area contributed by atoms with E-state index in [1.165, 1.54) is 6.07 Å². The summed E-state index contributed by atoms with van der Waals surface area (Å²) in [5.41, 5.74) is 1.49. The van der Waals surface area contributed by atoms with Gasteiger partial charge in [-0.2, -0.15) is 0 Å². The number of rotatable bonds is 5. The summed E-state index contributed by atoms with van der Waals surface area (Å²) >= 11 is 3.26. The maximum atomic E-state index is 13.9. The second kappa shape index (κ2) is 6.73. The molecule has 0 aliphatic rings. The van der Waals surface area contributed by atoms with Gasteiger partial charge in [-0.05, 0) is 30.7 Å². The molecular formula is C14H15BrFN3. The summed E-state index contributed by atoms with van der Waals surface area (Å²) < 4.78 is 14.6. The highest BCUT2D eigenvalue weighted by Crippen LogP contribution is 2.21. The molecule has 1 unspecified atom stereocenters. The first-order valence-corrected chi connectivity index (χ1v) is 6.93. The highest BCUT2D eigenvalue weighted by atomic mass is 79.9. The zero-order valence-electron chi connectivity index (χ0n) is 10.6. The lowest BCUT2D eigenvalue weighted by molar-refractivity contribution is 0.516. The number of hydrogen-bond acceptors (Lipinski definition) is 3. The molecule has 2 rings (SSSR count). The number of hydrogen-bond donors (Lipinski definition) is 1. The van der Waals surface area contributed by atoms with Crippen molar-refractivity contribution in [3.63, 3.8) is 0 Å². The van der Waals surface area contributed by atoms with Crippen molar-refractivity contribution < 1.29 is 4.39 Å². The lowest BCUT2D eigenvalue weighted by Gasteiger charge is -2.17. The highest BCUT2D eigenvalue weighted by Gasteiger charge is 2.15. The molecule has 0 radical (unpaired) electrons. The van der Waals surface area contributed by atoms with E-state index in [9.17, 15) is 4.39 Å². The monoisotopic (exact) mass is 323 g/mol. The van der Waals surface area contributed by atoms with Gasteiger partial charge in [0.1, 0.15) is 5.82 Å². The van der Waals surface area contributed by atoms with Crippen molar-refractivity contribution >= 4 is 15.9 Å². The Morgan fingerprint density at radius 3 is 2.84 bits per heavy atom. The molecule has 19 heavy (non-hydrogen) atoms. The summed E-state index contributed by atoms with van der Waals surface area (Å²) in [4.78, 5) is 8.35. The van der Waals surface area contributed by atoms with E-state index < -0.39 is 0 Å². The van der Waals surface area contributed by atoms with Gasteiger partial charge in [-0.1, -0.05) is 28.9 Å². The van der Waals surface area contributed by atoms with E-state index >= 15 is 0 Å². The Morgan fingerprint density at radius 2 is 2.21 bits per heavy atom. The predicted octanol–water partition coefficient (Wildman–Crippen LogP) is 3.27. The van der Waals surface area contributed by atoms with E-state index in [2.05, 4.69) is 31.2 Å². The van der Waals surface area contributed by atoms with Crippen molar-refractivity contribution in [3.8, 4) is 0 Å². The molecule has 0 aliphatic carbocycles. The van der Waals surface area contributed by atoms with Crippen LogP contribution in [-0.2, 0) is 6.42 Å². The van der Waals surface area contributed by atoms with E-state index in [1.807, 2.05) is 13.0 Å². The summed E-state index contributed by atoms with van der Waals surface area (Å²) in [5.74, 6) is -0.207. The number of nitrogens with one attached hydrogen (secondary N) is 1. The molecule has 0 saturated heterocycles. The number of nitrogens with zero attached hydrogens (tertiary/aromatic N) is 2. The molecule has 0 amide bonds. The molecule has 1 atom stereocenters. The summed E-state index contributed by atoms with van der Waals surface area (Å²) in [6.45, 7) is 2.81. The van der Waals surface area contributed by atoms with E-state index in [0.717, 1.165) is 16.7 Å². The molecular weight excluding hydrogens is 309 g/mol. The van der Waals surface area contributed by atoms with Crippen LogP contribution in [0, 0.1) is 5.82 Å². The van der Waals surface area contributed by atoms with Crippen molar-refractivity contribution in [2.45, 2.75) is 19.4 Å². The van der Waals surface area contributed by atoms with Gasteiger partial charge in [0.05, 0.1) is 11.7 Å². The first-order chi connectivity index (χ1) is 9.20. The Hall–Kier alpha value is -1.33. The van der Waals surface area contributed by atoms with Gasteiger partial charge in [0, 0.05) is 23.1 Å². The fourth-order valence-electron chi connectivity index (χ4n) is 1.93. The molecule has 1 aromatic carbocycles. The van der Waals surface area contributed by atoms with Crippen LogP contribution in [0.15, 0.2) is 41.3 Å². The molecule has 0 bridgehead atoms.